The molecule has 2 heterocycles. The molecule has 3 N–H and O–H groups in total. The molecule has 2 aromatic carbocycles. The SMILES string of the molecule is CN=C(NCCc1ccn(-c2ccc(F)cc2)n1)NCCc1c[nH]c2c(C)cccc12.I. The highest BCUT2D eigenvalue weighted by molar-refractivity contribution is 14.0. The maximum absolute atomic E-state index is 13.1. The number of fused-ring (bicyclic) bond motifs is 1. The first kappa shape index (κ1) is 23.8. The Morgan fingerprint density at radius 3 is 2.56 bits per heavy atom. The Balaban J connectivity index is 0.00000289. The molecule has 0 aliphatic heterocycles. The fraction of sp³-hybridized carbons (Fsp3) is 0.250. The predicted molar refractivity (Wildman–Crippen MR) is 139 cm³/mol. The second kappa shape index (κ2) is 11.1. The Hall–Kier alpha value is -2.88. The van der Waals surface area contributed by atoms with Crippen LogP contribution in [0, 0.1) is 12.7 Å². The van der Waals surface area contributed by atoms with Gasteiger partial charge in [-0.05, 0) is 54.8 Å². The number of H-pyrrole nitrogens is 1. The maximum atomic E-state index is 13.1. The molecule has 0 saturated heterocycles. The van der Waals surface area contributed by atoms with Crippen LogP contribution in [0.25, 0.3) is 16.6 Å². The lowest BCUT2D eigenvalue weighted by molar-refractivity contribution is 0.627. The summed E-state index contributed by atoms with van der Waals surface area (Å²) < 4.78 is 14.8. The number of hydrogen-bond acceptors (Lipinski definition) is 2. The van der Waals surface area contributed by atoms with Crippen LogP contribution in [-0.2, 0) is 12.8 Å². The summed E-state index contributed by atoms with van der Waals surface area (Å²) in [5.74, 6) is 0.521. The number of rotatable bonds is 7. The van der Waals surface area contributed by atoms with E-state index in [4.69, 9.17) is 0 Å². The Morgan fingerprint density at radius 2 is 1.81 bits per heavy atom. The number of halogens is 2. The van der Waals surface area contributed by atoms with Gasteiger partial charge in [-0.25, -0.2) is 9.07 Å². The highest BCUT2D eigenvalue weighted by Gasteiger charge is 2.06. The van der Waals surface area contributed by atoms with Crippen molar-refractivity contribution in [2.45, 2.75) is 19.8 Å². The molecule has 4 rings (SSSR count). The van der Waals surface area contributed by atoms with Crippen LogP contribution in [0.15, 0.2) is 65.9 Å². The normalized spacial score (nSPS) is 11.4. The van der Waals surface area contributed by atoms with Gasteiger partial charge in [-0.15, -0.1) is 24.0 Å². The number of aromatic nitrogens is 3. The molecular weight excluding hydrogens is 518 g/mol. The molecule has 0 fully saturated rings. The molecule has 0 radical (unpaired) electrons. The minimum atomic E-state index is -0.251. The second-order valence-corrected chi connectivity index (χ2v) is 7.47. The lowest BCUT2D eigenvalue weighted by atomic mass is 10.1. The van der Waals surface area contributed by atoms with Crippen LogP contribution >= 0.6 is 24.0 Å². The van der Waals surface area contributed by atoms with Gasteiger partial charge in [0.05, 0.1) is 11.4 Å². The highest BCUT2D eigenvalue weighted by atomic mass is 127. The number of aliphatic imine (C=N–C) groups is 1. The van der Waals surface area contributed by atoms with Gasteiger partial charge in [0.1, 0.15) is 5.82 Å². The number of benzene rings is 2. The minimum Gasteiger partial charge on any atom is -0.361 e. The van der Waals surface area contributed by atoms with Gasteiger partial charge in [-0.2, -0.15) is 5.10 Å². The average Bonchev–Trinajstić information content (AvgIpc) is 3.41. The van der Waals surface area contributed by atoms with Gasteiger partial charge < -0.3 is 15.6 Å². The monoisotopic (exact) mass is 546 g/mol. The van der Waals surface area contributed by atoms with E-state index in [0.717, 1.165) is 36.7 Å². The van der Waals surface area contributed by atoms with Gasteiger partial charge >= 0.3 is 0 Å². The van der Waals surface area contributed by atoms with Gasteiger partial charge in [0.15, 0.2) is 5.96 Å². The molecule has 0 aliphatic rings. The molecule has 8 heteroatoms. The zero-order valence-electron chi connectivity index (χ0n) is 18.2. The fourth-order valence-electron chi connectivity index (χ4n) is 3.65. The van der Waals surface area contributed by atoms with Crippen molar-refractivity contribution in [3.05, 3.63) is 83.6 Å². The van der Waals surface area contributed by atoms with Gasteiger partial charge in [-0.3, -0.25) is 4.99 Å². The number of para-hydroxylation sites is 1. The summed E-state index contributed by atoms with van der Waals surface area (Å²) in [4.78, 5) is 7.68. The van der Waals surface area contributed by atoms with Crippen LogP contribution in [0.1, 0.15) is 16.8 Å². The summed E-state index contributed by atoms with van der Waals surface area (Å²) in [6.07, 6.45) is 5.65. The second-order valence-electron chi connectivity index (χ2n) is 7.47. The van der Waals surface area contributed by atoms with E-state index < -0.39 is 0 Å². The summed E-state index contributed by atoms with van der Waals surface area (Å²) in [5, 5.41) is 12.5. The van der Waals surface area contributed by atoms with Crippen molar-refractivity contribution in [3.8, 4) is 5.69 Å². The highest BCUT2D eigenvalue weighted by Crippen LogP contribution is 2.21. The molecule has 0 bridgehead atoms. The average molecular weight is 546 g/mol. The van der Waals surface area contributed by atoms with E-state index in [1.54, 1.807) is 23.9 Å². The van der Waals surface area contributed by atoms with Crippen molar-refractivity contribution in [2.75, 3.05) is 20.1 Å². The van der Waals surface area contributed by atoms with Crippen molar-refractivity contribution in [1.29, 1.82) is 0 Å². The van der Waals surface area contributed by atoms with Gasteiger partial charge in [0, 0.05) is 49.9 Å². The predicted octanol–water partition coefficient (Wildman–Crippen LogP) is 4.37. The molecule has 0 atom stereocenters. The number of guanidine groups is 1. The third-order valence-corrected chi connectivity index (χ3v) is 5.33. The molecule has 4 aromatic rings. The molecule has 32 heavy (non-hydrogen) atoms. The zero-order chi connectivity index (χ0) is 21.6. The topological polar surface area (TPSA) is 70.0 Å². The van der Waals surface area contributed by atoms with Gasteiger partial charge in [0.2, 0.25) is 0 Å². The zero-order valence-corrected chi connectivity index (χ0v) is 20.6. The van der Waals surface area contributed by atoms with Crippen molar-refractivity contribution in [2.24, 2.45) is 4.99 Å². The summed E-state index contributed by atoms with van der Waals surface area (Å²) in [5.41, 5.74) is 5.57. The van der Waals surface area contributed by atoms with E-state index in [0.29, 0.717) is 6.54 Å². The maximum Gasteiger partial charge on any atom is 0.190 e. The van der Waals surface area contributed by atoms with Crippen LogP contribution in [0.3, 0.4) is 0 Å². The first-order valence-corrected chi connectivity index (χ1v) is 10.4. The molecular formula is C24H28FIN6. The number of aromatic amines is 1. The van der Waals surface area contributed by atoms with E-state index >= 15 is 0 Å². The lowest BCUT2D eigenvalue weighted by Crippen LogP contribution is -2.39. The Labute approximate surface area is 204 Å². The van der Waals surface area contributed by atoms with Crippen LogP contribution in [0.4, 0.5) is 4.39 Å². The number of nitrogens with zero attached hydrogens (tertiary/aromatic N) is 3. The molecule has 168 valence electrons. The molecule has 0 aliphatic carbocycles. The lowest BCUT2D eigenvalue weighted by Gasteiger charge is -2.11. The number of hydrogen-bond donors (Lipinski definition) is 3. The van der Waals surface area contributed by atoms with Crippen LogP contribution < -0.4 is 10.6 Å². The Bertz CT molecular complexity index is 1180. The van der Waals surface area contributed by atoms with E-state index in [1.165, 1.54) is 34.2 Å². The van der Waals surface area contributed by atoms with Crippen molar-refractivity contribution < 1.29 is 4.39 Å². The first-order valence-electron chi connectivity index (χ1n) is 10.4. The molecule has 0 spiro atoms. The summed E-state index contributed by atoms with van der Waals surface area (Å²) in [6.45, 7) is 3.63. The van der Waals surface area contributed by atoms with E-state index in [1.807, 2.05) is 12.3 Å². The largest absolute Gasteiger partial charge is 0.361 e. The minimum absolute atomic E-state index is 0. The fourth-order valence-corrected chi connectivity index (χ4v) is 3.65. The molecule has 0 amide bonds. The molecule has 0 unspecified atom stereocenters. The van der Waals surface area contributed by atoms with Crippen molar-refractivity contribution in [1.82, 2.24) is 25.4 Å². The van der Waals surface area contributed by atoms with Gasteiger partial charge in [0.25, 0.3) is 0 Å². The standard InChI is InChI=1S/C24H27FN6.HI/c1-17-4-3-5-22-18(16-29-23(17)22)10-13-27-24(26-2)28-14-11-20-12-15-31(30-20)21-8-6-19(25)7-9-21;/h3-9,12,15-16,29H,10-11,13-14H2,1-2H3,(H2,26,27,28);1H. The number of nitrogens with one attached hydrogen (secondary N) is 3. The smallest absolute Gasteiger partial charge is 0.190 e. The van der Waals surface area contributed by atoms with Crippen LogP contribution in [0.5, 0.6) is 0 Å². The van der Waals surface area contributed by atoms with E-state index in [2.05, 4.69) is 57.0 Å². The summed E-state index contributed by atoms with van der Waals surface area (Å²) in [6, 6.07) is 14.6. The van der Waals surface area contributed by atoms with Crippen LogP contribution in [-0.4, -0.2) is 40.9 Å². The molecule has 6 nitrogen and oxygen atoms in total. The quantitative estimate of drug-likeness (QED) is 0.183. The Kier molecular flexibility index (Phi) is 8.26. The third kappa shape index (κ3) is 5.67. The van der Waals surface area contributed by atoms with Gasteiger partial charge in [-0.1, -0.05) is 18.2 Å². The third-order valence-electron chi connectivity index (χ3n) is 5.33. The van der Waals surface area contributed by atoms with E-state index in [-0.39, 0.29) is 29.8 Å². The van der Waals surface area contributed by atoms with E-state index in [9.17, 15) is 4.39 Å². The molecule has 2 aromatic heterocycles. The van der Waals surface area contributed by atoms with Crippen molar-refractivity contribution in [3.63, 3.8) is 0 Å². The summed E-state index contributed by atoms with van der Waals surface area (Å²) >= 11 is 0. The molecule has 0 saturated carbocycles. The summed E-state index contributed by atoms with van der Waals surface area (Å²) in [7, 11) is 1.77. The van der Waals surface area contributed by atoms with Crippen LogP contribution in [0.2, 0.25) is 0 Å². The van der Waals surface area contributed by atoms with Crippen molar-refractivity contribution >= 4 is 40.8 Å². The first-order chi connectivity index (χ1) is 15.1. The Morgan fingerprint density at radius 1 is 1.06 bits per heavy atom. The number of aryl methyl sites for hydroxylation is 1.